The molecule has 0 spiro atoms. The van der Waals surface area contributed by atoms with Crippen LogP contribution in [0, 0.1) is 35.0 Å². The maximum absolute atomic E-state index is 14.2. The van der Waals surface area contributed by atoms with Crippen molar-refractivity contribution in [3.8, 4) is 0 Å². The largest absolute Gasteiger partial charge is 0.300 e. The molecule has 0 aliphatic heterocycles. The standard InChI is InChI=1S/C18H27FO/c1-10-11(2)17(19)9-14-13(10)7-8-18(4)15(12(3)20)5-6-16(14)18/h10,13-16H,5-9H2,1-4H3. The predicted molar refractivity (Wildman–Crippen MR) is 78.8 cm³/mol. The highest BCUT2D eigenvalue weighted by molar-refractivity contribution is 5.79. The molecular formula is C18H27FO. The molecule has 2 heteroatoms. The van der Waals surface area contributed by atoms with Crippen LogP contribution >= 0.6 is 0 Å². The van der Waals surface area contributed by atoms with Crippen LogP contribution in [0.25, 0.3) is 0 Å². The minimum Gasteiger partial charge on any atom is -0.300 e. The molecule has 0 radical (unpaired) electrons. The first kappa shape index (κ1) is 14.3. The summed E-state index contributed by atoms with van der Waals surface area (Å²) in [7, 11) is 0. The molecule has 0 bridgehead atoms. The number of halogens is 1. The Labute approximate surface area is 122 Å². The van der Waals surface area contributed by atoms with Crippen LogP contribution < -0.4 is 0 Å². The smallest absolute Gasteiger partial charge is 0.133 e. The Balaban J connectivity index is 1.93. The van der Waals surface area contributed by atoms with Crippen LogP contribution in [0.15, 0.2) is 11.4 Å². The van der Waals surface area contributed by atoms with Gasteiger partial charge in [0, 0.05) is 12.3 Å². The van der Waals surface area contributed by atoms with Crippen molar-refractivity contribution < 1.29 is 9.18 Å². The number of rotatable bonds is 1. The van der Waals surface area contributed by atoms with Crippen LogP contribution in [0.2, 0.25) is 0 Å². The fourth-order valence-corrected chi connectivity index (χ4v) is 5.84. The maximum Gasteiger partial charge on any atom is 0.133 e. The molecule has 6 unspecified atom stereocenters. The zero-order chi connectivity index (χ0) is 14.7. The van der Waals surface area contributed by atoms with Crippen molar-refractivity contribution in [1.29, 1.82) is 0 Å². The van der Waals surface area contributed by atoms with Crippen molar-refractivity contribution in [2.45, 2.75) is 59.8 Å². The first-order valence-corrected chi connectivity index (χ1v) is 8.22. The van der Waals surface area contributed by atoms with E-state index >= 15 is 0 Å². The third-order valence-corrected chi connectivity index (χ3v) is 7.15. The molecule has 0 aromatic rings. The Bertz CT molecular complexity index is 466. The number of carbonyl (C=O) groups excluding carboxylic acids is 1. The van der Waals surface area contributed by atoms with Crippen LogP contribution in [0.5, 0.6) is 0 Å². The molecule has 0 aromatic heterocycles. The summed E-state index contributed by atoms with van der Waals surface area (Å²) in [6.45, 7) is 8.22. The quantitative estimate of drug-likeness (QED) is 0.665. The number of allylic oxidation sites excluding steroid dienone is 2. The number of Topliss-reactive ketones (excluding diaryl/α,β-unsaturated/α-hetero) is 1. The molecule has 3 aliphatic rings. The maximum atomic E-state index is 14.2. The van der Waals surface area contributed by atoms with E-state index in [0.29, 0.717) is 35.9 Å². The summed E-state index contributed by atoms with van der Waals surface area (Å²) in [5, 5.41) is 0. The summed E-state index contributed by atoms with van der Waals surface area (Å²) < 4.78 is 14.2. The molecule has 0 saturated heterocycles. The molecule has 20 heavy (non-hydrogen) atoms. The van der Waals surface area contributed by atoms with Gasteiger partial charge in [0.05, 0.1) is 5.83 Å². The van der Waals surface area contributed by atoms with Crippen LogP contribution in [0.4, 0.5) is 4.39 Å². The number of ketones is 1. The Morgan fingerprint density at radius 3 is 2.60 bits per heavy atom. The molecule has 3 aliphatic carbocycles. The Hall–Kier alpha value is -0.660. The molecule has 1 nitrogen and oxygen atoms in total. The third-order valence-electron chi connectivity index (χ3n) is 7.15. The van der Waals surface area contributed by atoms with E-state index in [0.717, 1.165) is 24.8 Å². The molecule has 0 heterocycles. The second-order valence-corrected chi connectivity index (χ2v) is 7.80. The van der Waals surface area contributed by atoms with Gasteiger partial charge in [-0.2, -0.15) is 0 Å². The number of fused-ring (bicyclic) bond motifs is 3. The number of hydrogen-bond donors (Lipinski definition) is 0. The molecule has 2 fully saturated rings. The van der Waals surface area contributed by atoms with E-state index in [1.165, 1.54) is 6.42 Å². The molecule has 3 rings (SSSR count). The van der Waals surface area contributed by atoms with Gasteiger partial charge in [-0.1, -0.05) is 13.8 Å². The van der Waals surface area contributed by atoms with E-state index in [1.807, 2.05) is 6.92 Å². The summed E-state index contributed by atoms with van der Waals surface area (Å²) in [5.41, 5.74) is 1.12. The van der Waals surface area contributed by atoms with Crippen LogP contribution in [0.3, 0.4) is 0 Å². The summed E-state index contributed by atoms with van der Waals surface area (Å²) >= 11 is 0. The van der Waals surface area contributed by atoms with Crippen molar-refractivity contribution in [1.82, 2.24) is 0 Å². The Morgan fingerprint density at radius 1 is 1.25 bits per heavy atom. The van der Waals surface area contributed by atoms with Crippen molar-refractivity contribution in [3.63, 3.8) is 0 Å². The van der Waals surface area contributed by atoms with E-state index in [9.17, 15) is 9.18 Å². The van der Waals surface area contributed by atoms with E-state index in [1.54, 1.807) is 6.92 Å². The monoisotopic (exact) mass is 278 g/mol. The van der Waals surface area contributed by atoms with Gasteiger partial charge in [-0.05, 0) is 74.2 Å². The average molecular weight is 278 g/mol. The number of carbonyl (C=O) groups is 1. The lowest BCUT2D eigenvalue weighted by Gasteiger charge is -2.51. The zero-order valence-electron chi connectivity index (χ0n) is 13.2. The van der Waals surface area contributed by atoms with E-state index in [2.05, 4.69) is 13.8 Å². The average Bonchev–Trinajstić information content (AvgIpc) is 2.74. The minimum atomic E-state index is 0.134. The lowest BCUT2D eigenvalue weighted by atomic mass is 9.53. The highest BCUT2D eigenvalue weighted by atomic mass is 19.1. The van der Waals surface area contributed by atoms with Crippen molar-refractivity contribution >= 4 is 5.78 Å². The second-order valence-electron chi connectivity index (χ2n) is 7.80. The van der Waals surface area contributed by atoms with Crippen LogP contribution in [0.1, 0.15) is 59.8 Å². The normalized spacial score (nSPS) is 48.0. The molecule has 112 valence electrons. The van der Waals surface area contributed by atoms with Crippen molar-refractivity contribution in [2.75, 3.05) is 0 Å². The minimum absolute atomic E-state index is 0.134. The highest BCUT2D eigenvalue weighted by Crippen LogP contribution is 2.63. The van der Waals surface area contributed by atoms with Gasteiger partial charge < -0.3 is 0 Å². The van der Waals surface area contributed by atoms with Gasteiger partial charge >= 0.3 is 0 Å². The SMILES string of the molecule is CC(=O)C1CCC2C3CC(F)=C(C)C(C)C3CCC12C. The van der Waals surface area contributed by atoms with Crippen molar-refractivity contribution in [3.05, 3.63) is 11.4 Å². The summed E-state index contributed by atoms with van der Waals surface area (Å²) in [5.74, 6) is 2.75. The molecule has 2 saturated carbocycles. The zero-order valence-corrected chi connectivity index (χ0v) is 13.2. The molecule has 6 atom stereocenters. The van der Waals surface area contributed by atoms with Gasteiger partial charge in [0.15, 0.2) is 0 Å². The predicted octanol–water partition coefficient (Wildman–Crippen LogP) is 4.92. The third kappa shape index (κ3) is 1.83. The van der Waals surface area contributed by atoms with Crippen molar-refractivity contribution in [2.24, 2.45) is 35.0 Å². The number of hydrogen-bond acceptors (Lipinski definition) is 1. The van der Waals surface area contributed by atoms with Gasteiger partial charge in [-0.15, -0.1) is 0 Å². The molecule has 0 amide bonds. The van der Waals surface area contributed by atoms with Gasteiger partial charge in [0.1, 0.15) is 5.78 Å². The summed E-state index contributed by atoms with van der Waals surface area (Å²) in [6, 6.07) is 0. The fraction of sp³-hybridized carbons (Fsp3) is 0.833. The van der Waals surface area contributed by atoms with E-state index in [4.69, 9.17) is 0 Å². The van der Waals surface area contributed by atoms with Gasteiger partial charge in [0.2, 0.25) is 0 Å². The first-order valence-electron chi connectivity index (χ1n) is 8.22. The van der Waals surface area contributed by atoms with Crippen LogP contribution in [-0.2, 0) is 4.79 Å². The lowest BCUT2D eigenvalue weighted by Crippen LogP contribution is -2.46. The molecule has 0 N–H and O–H groups in total. The van der Waals surface area contributed by atoms with Gasteiger partial charge in [0.25, 0.3) is 0 Å². The van der Waals surface area contributed by atoms with Crippen LogP contribution in [-0.4, -0.2) is 5.78 Å². The van der Waals surface area contributed by atoms with E-state index < -0.39 is 0 Å². The second kappa shape index (κ2) is 4.68. The summed E-state index contributed by atoms with van der Waals surface area (Å²) in [6.07, 6.45) is 5.11. The lowest BCUT2D eigenvalue weighted by molar-refractivity contribution is -0.126. The van der Waals surface area contributed by atoms with Gasteiger partial charge in [-0.3, -0.25) is 4.79 Å². The molecular weight excluding hydrogens is 251 g/mol. The fourth-order valence-electron chi connectivity index (χ4n) is 5.84. The molecule has 0 aromatic carbocycles. The summed E-state index contributed by atoms with van der Waals surface area (Å²) in [4.78, 5) is 12.0. The van der Waals surface area contributed by atoms with Gasteiger partial charge in [-0.25, -0.2) is 4.39 Å². The topological polar surface area (TPSA) is 17.1 Å². The Kier molecular flexibility index (Phi) is 3.34. The van der Waals surface area contributed by atoms with E-state index in [-0.39, 0.29) is 17.2 Å². The highest BCUT2D eigenvalue weighted by Gasteiger charge is 2.56. The Morgan fingerprint density at radius 2 is 1.95 bits per heavy atom. The first-order chi connectivity index (χ1) is 9.36.